The third-order valence-electron chi connectivity index (χ3n) is 7.75. The van der Waals surface area contributed by atoms with Crippen molar-refractivity contribution in [2.75, 3.05) is 58.0 Å². The molecule has 1 unspecified atom stereocenters. The van der Waals surface area contributed by atoms with E-state index in [2.05, 4.69) is 38.6 Å². The van der Waals surface area contributed by atoms with Crippen LogP contribution in [0.3, 0.4) is 0 Å². The molecule has 3 atom stereocenters. The Morgan fingerprint density at radius 1 is 1.17 bits per heavy atom. The Morgan fingerprint density at radius 2 is 2.02 bits per heavy atom. The van der Waals surface area contributed by atoms with Crippen LogP contribution in [0.1, 0.15) is 36.5 Å². The third-order valence-corrected chi connectivity index (χ3v) is 7.75. The Kier molecular flexibility index (Phi) is 10.2. The van der Waals surface area contributed by atoms with Gasteiger partial charge in [0.25, 0.3) is 0 Å². The molecule has 3 aromatic rings. The monoisotopic (exact) mass is 566 g/mol. The first-order chi connectivity index (χ1) is 20.0. The number of rotatable bonds is 14. The van der Waals surface area contributed by atoms with Gasteiger partial charge in [0, 0.05) is 32.7 Å². The zero-order valence-electron chi connectivity index (χ0n) is 24.1. The summed E-state index contributed by atoms with van der Waals surface area (Å²) >= 11 is 0. The van der Waals surface area contributed by atoms with Crippen LogP contribution in [0.2, 0.25) is 0 Å². The van der Waals surface area contributed by atoms with Crippen LogP contribution in [0.15, 0.2) is 48.8 Å². The molecule has 0 saturated carbocycles. The van der Waals surface area contributed by atoms with Gasteiger partial charge in [-0.1, -0.05) is 37.3 Å². The van der Waals surface area contributed by atoms with E-state index in [0.717, 1.165) is 60.8 Å². The minimum Gasteiger partial charge on any atom is -0.490 e. The summed E-state index contributed by atoms with van der Waals surface area (Å²) in [7, 11) is 1.73. The van der Waals surface area contributed by atoms with Gasteiger partial charge in [0.1, 0.15) is 24.1 Å². The van der Waals surface area contributed by atoms with Crippen LogP contribution in [0, 0.1) is 5.92 Å². The molecule has 0 amide bonds. The van der Waals surface area contributed by atoms with Gasteiger partial charge in [0.15, 0.2) is 6.33 Å². The number of hydrogen-bond acceptors (Lipinski definition) is 10. The van der Waals surface area contributed by atoms with Crippen LogP contribution in [0.25, 0.3) is 0 Å². The Morgan fingerprint density at radius 3 is 2.83 bits per heavy atom. The third kappa shape index (κ3) is 7.60. The normalized spacial score (nSPS) is 21.3. The molecule has 2 aliphatic heterocycles. The van der Waals surface area contributed by atoms with Gasteiger partial charge in [-0.05, 0) is 53.4 Å². The minimum absolute atomic E-state index is 0.262. The van der Waals surface area contributed by atoms with Crippen molar-refractivity contribution in [3.63, 3.8) is 0 Å². The van der Waals surface area contributed by atoms with Crippen LogP contribution < -0.4 is 15.0 Å². The second-order valence-corrected chi connectivity index (χ2v) is 11.0. The van der Waals surface area contributed by atoms with Crippen LogP contribution in [0.5, 0.6) is 5.75 Å². The number of anilines is 1. The first kappa shape index (κ1) is 29.4. The van der Waals surface area contributed by atoms with Crippen molar-refractivity contribution >= 4 is 5.69 Å². The SMILES string of the molecule is COCCCN1CCOc2ccc(CO[C@H]3CNCC[C@]3(O)c3ccc(COCC(C)Cn4ncnn4)cc3)cc21. The van der Waals surface area contributed by atoms with Gasteiger partial charge in [-0.3, -0.25) is 0 Å². The van der Waals surface area contributed by atoms with Crippen molar-refractivity contribution in [1.29, 1.82) is 0 Å². The van der Waals surface area contributed by atoms with Crippen molar-refractivity contribution in [3.05, 3.63) is 65.5 Å². The summed E-state index contributed by atoms with van der Waals surface area (Å²) in [6.45, 7) is 8.75. The maximum Gasteiger partial charge on any atom is 0.162 e. The van der Waals surface area contributed by atoms with Crippen LogP contribution in [-0.2, 0) is 39.6 Å². The van der Waals surface area contributed by atoms with E-state index in [9.17, 15) is 5.11 Å². The van der Waals surface area contributed by atoms with Crippen molar-refractivity contribution in [1.82, 2.24) is 25.5 Å². The number of piperidine rings is 1. The fourth-order valence-corrected chi connectivity index (χ4v) is 5.48. The van der Waals surface area contributed by atoms with Crippen LogP contribution >= 0.6 is 0 Å². The van der Waals surface area contributed by atoms with Crippen molar-refractivity contribution < 1.29 is 24.1 Å². The van der Waals surface area contributed by atoms with Gasteiger partial charge in [-0.2, -0.15) is 4.80 Å². The minimum atomic E-state index is -1.08. The molecule has 11 nitrogen and oxygen atoms in total. The van der Waals surface area contributed by atoms with Gasteiger partial charge in [0.2, 0.25) is 0 Å². The second kappa shape index (κ2) is 14.2. The highest BCUT2D eigenvalue weighted by molar-refractivity contribution is 5.61. The van der Waals surface area contributed by atoms with Crippen LogP contribution in [0.4, 0.5) is 5.69 Å². The highest BCUT2D eigenvalue weighted by Crippen LogP contribution is 2.35. The van der Waals surface area contributed by atoms with E-state index in [-0.39, 0.29) is 12.0 Å². The number of aromatic nitrogens is 4. The predicted molar refractivity (Wildman–Crippen MR) is 154 cm³/mol. The lowest BCUT2D eigenvalue weighted by Crippen LogP contribution is -2.53. The average Bonchev–Trinajstić information content (AvgIpc) is 3.50. The smallest absolute Gasteiger partial charge is 0.162 e. The molecule has 0 bridgehead atoms. The van der Waals surface area contributed by atoms with E-state index in [1.165, 1.54) is 6.33 Å². The number of ether oxygens (including phenoxy) is 4. The second-order valence-electron chi connectivity index (χ2n) is 11.0. The number of benzene rings is 2. The lowest BCUT2D eigenvalue weighted by Gasteiger charge is -2.40. The summed E-state index contributed by atoms with van der Waals surface area (Å²) in [6, 6.07) is 14.3. The van der Waals surface area contributed by atoms with E-state index in [0.29, 0.717) is 45.9 Å². The van der Waals surface area contributed by atoms with E-state index >= 15 is 0 Å². The highest BCUT2D eigenvalue weighted by atomic mass is 16.5. The molecule has 5 rings (SSSR count). The maximum absolute atomic E-state index is 11.8. The van der Waals surface area contributed by atoms with Crippen LogP contribution in [-0.4, -0.2) is 84.5 Å². The van der Waals surface area contributed by atoms with Gasteiger partial charge in [-0.25, -0.2) is 0 Å². The standard InChI is InChI=1S/C30H42N6O5/c1-23(18-36-33-22-32-34-36)19-39-20-24-4-7-26(8-5-24)30(37)10-11-31-17-29(30)41-21-25-6-9-28-27(16-25)35(13-15-40-28)12-3-14-38-2/h4-9,16,22-23,29,31,37H,3,10-15,17-21H2,1-2H3/t23?,29-,30-/m0/s1. The predicted octanol–water partition coefficient (Wildman–Crippen LogP) is 2.53. The molecule has 0 radical (unpaired) electrons. The largest absolute Gasteiger partial charge is 0.490 e. The molecule has 222 valence electrons. The fourth-order valence-electron chi connectivity index (χ4n) is 5.48. The first-order valence-electron chi connectivity index (χ1n) is 14.5. The number of nitrogens with one attached hydrogen (secondary N) is 1. The molecule has 0 aliphatic carbocycles. The quantitative estimate of drug-likeness (QED) is 0.282. The Balaban J connectivity index is 1.17. The fraction of sp³-hybridized carbons (Fsp3) is 0.567. The maximum atomic E-state index is 11.8. The summed E-state index contributed by atoms with van der Waals surface area (Å²) in [5.74, 6) is 1.16. The molecule has 2 aromatic carbocycles. The summed E-state index contributed by atoms with van der Waals surface area (Å²) in [6.07, 6.45) is 2.59. The average molecular weight is 567 g/mol. The number of aliphatic hydroxyl groups is 1. The topological polar surface area (TPSA) is 116 Å². The molecular weight excluding hydrogens is 524 g/mol. The molecule has 3 heterocycles. The molecule has 1 fully saturated rings. The van der Waals surface area contributed by atoms with Gasteiger partial charge in [0.05, 0.1) is 38.6 Å². The summed E-state index contributed by atoms with van der Waals surface area (Å²) in [5, 5.41) is 26.9. The summed E-state index contributed by atoms with van der Waals surface area (Å²) in [4.78, 5) is 3.92. The zero-order valence-corrected chi connectivity index (χ0v) is 24.1. The molecule has 0 spiro atoms. The summed E-state index contributed by atoms with van der Waals surface area (Å²) in [5.41, 5.74) is 2.99. The van der Waals surface area contributed by atoms with Crippen molar-refractivity contribution in [2.24, 2.45) is 5.92 Å². The van der Waals surface area contributed by atoms with Gasteiger partial charge in [-0.15, -0.1) is 10.2 Å². The van der Waals surface area contributed by atoms with E-state index in [1.807, 2.05) is 36.4 Å². The lowest BCUT2D eigenvalue weighted by atomic mass is 9.82. The summed E-state index contributed by atoms with van der Waals surface area (Å²) < 4.78 is 23.4. The van der Waals surface area contributed by atoms with Crippen molar-refractivity contribution in [2.45, 2.75) is 51.2 Å². The molecule has 41 heavy (non-hydrogen) atoms. The molecule has 1 aromatic heterocycles. The molecule has 1 saturated heterocycles. The van der Waals surface area contributed by atoms with E-state index < -0.39 is 5.60 Å². The van der Waals surface area contributed by atoms with E-state index in [1.54, 1.807) is 11.9 Å². The number of methoxy groups -OCH3 is 1. The molecule has 2 N–H and O–H groups in total. The number of tetrazole rings is 1. The molecule has 2 aliphatic rings. The van der Waals surface area contributed by atoms with E-state index in [4.69, 9.17) is 18.9 Å². The lowest BCUT2D eigenvalue weighted by molar-refractivity contribution is -0.134. The van der Waals surface area contributed by atoms with Gasteiger partial charge < -0.3 is 34.3 Å². The molecular formula is C30H42N6O5. The van der Waals surface area contributed by atoms with Crippen molar-refractivity contribution in [3.8, 4) is 5.75 Å². The number of nitrogens with zero attached hydrogens (tertiary/aromatic N) is 5. The van der Waals surface area contributed by atoms with Gasteiger partial charge >= 0.3 is 0 Å². The molecule has 11 heteroatoms. The Hall–Kier alpha value is -3.09. The Labute approximate surface area is 241 Å². The number of hydrogen-bond donors (Lipinski definition) is 2. The number of fused-ring (bicyclic) bond motifs is 1. The Bertz CT molecular complexity index is 1210. The first-order valence-corrected chi connectivity index (χ1v) is 14.5. The highest BCUT2D eigenvalue weighted by Gasteiger charge is 2.41. The zero-order chi connectivity index (χ0) is 28.5.